The number of benzene rings is 1. The molecule has 0 saturated carbocycles. The maximum absolute atomic E-state index is 12.3. The van der Waals surface area contributed by atoms with Crippen molar-refractivity contribution in [3.63, 3.8) is 0 Å². The van der Waals surface area contributed by atoms with Gasteiger partial charge in [0.2, 0.25) is 0 Å². The van der Waals surface area contributed by atoms with Crippen LogP contribution in [0.3, 0.4) is 0 Å². The highest BCUT2D eigenvalue weighted by atomic mass is 19.4. The first-order valence-corrected chi connectivity index (χ1v) is 6.09. The molecule has 0 bridgehead atoms. The van der Waals surface area contributed by atoms with Crippen LogP contribution in [0.2, 0.25) is 0 Å². The van der Waals surface area contributed by atoms with Gasteiger partial charge in [-0.25, -0.2) is 0 Å². The molecule has 18 heavy (non-hydrogen) atoms. The molecule has 2 nitrogen and oxygen atoms in total. The molecule has 1 aromatic rings. The summed E-state index contributed by atoms with van der Waals surface area (Å²) in [6, 6.07) is 5.31. The van der Waals surface area contributed by atoms with E-state index in [0.717, 1.165) is 31.5 Å². The van der Waals surface area contributed by atoms with E-state index >= 15 is 0 Å². The molecule has 0 aliphatic carbocycles. The van der Waals surface area contributed by atoms with Gasteiger partial charge < -0.3 is 10.1 Å². The van der Waals surface area contributed by atoms with E-state index in [-0.39, 0.29) is 0 Å². The summed E-state index contributed by atoms with van der Waals surface area (Å²) in [5.74, 6) is 0.487. The van der Waals surface area contributed by atoms with Crippen LogP contribution in [0.15, 0.2) is 24.3 Å². The van der Waals surface area contributed by atoms with E-state index in [0.29, 0.717) is 18.4 Å². The zero-order chi connectivity index (χ0) is 13.0. The van der Waals surface area contributed by atoms with Crippen LogP contribution in [0.4, 0.5) is 13.2 Å². The number of hydrogen-bond acceptors (Lipinski definition) is 2. The van der Waals surface area contributed by atoms with Crippen LogP contribution in [0.1, 0.15) is 24.8 Å². The molecule has 1 aliphatic heterocycles. The first kappa shape index (κ1) is 13.2. The number of hydrogen-bond donors (Lipinski definition) is 1. The zero-order valence-corrected chi connectivity index (χ0v) is 9.96. The minimum atomic E-state index is -4.29. The van der Waals surface area contributed by atoms with Crippen molar-refractivity contribution in [3.05, 3.63) is 29.8 Å². The third kappa shape index (κ3) is 3.63. The monoisotopic (exact) mass is 259 g/mol. The number of ether oxygens (including phenoxy) is 1. The van der Waals surface area contributed by atoms with Gasteiger partial charge in [0.1, 0.15) is 5.75 Å². The molecule has 2 rings (SSSR count). The van der Waals surface area contributed by atoms with E-state index in [9.17, 15) is 13.2 Å². The molecule has 1 aliphatic rings. The lowest BCUT2D eigenvalue weighted by molar-refractivity contribution is -0.137. The van der Waals surface area contributed by atoms with E-state index in [4.69, 9.17) is 4.74 Å². The van der Waals surface area contributed by atoms with E-state index < -0.39 is 11.7 Å². The second kappa shape index (κ2) is 5.61. The molecule has 5 heteroatoms. The Hall–Kier alpha value is -1.23. The molecule has 1 atom stereocenters. The first-order valence-electron chi connectivity index (χ1n) is 6.09. The van der Waals surface area contributed by atoms with Crippen molar-refractivity contribution in [1.82, 2.24) is 5.32 Å². The molecule has 1 N–H and O–H groups in total. The van der Waals surface area contributed by atoms with E-state index in [1.54, 1.807) is 0 Å². The maximum atomic E-state index is 12.3. The average Bonchev–Trinajstić information content (AvgIpc) is 2.82. The Bertz CT molecular complexity index is 369. The minimum absolute atomic E-state index is 0.486. The summed E-state index contributed by atoms with van der Waals surface area (Å²) in [6.45, 7) is 1.58. The second-order valence-electron chi connectivity index (χ2n) is 4.45. The van der Waals surface area contributed by atoms with Gasteiger partial charge >= 0.3 is 6.18 Å². The van der Waals surface area contributed by atoms with Crippen molar-refractivity contribution < 1.29 is 17.9 Å². The lowest BCUT2D eigenvalue weighted by atomic mass is 10.2. The molecule has 0 aromatic heterocycles. The van der Waals surface area contributed by atoms with Gasteiger partial charge in [-0.3, -0.25) is 0 Å². The third-order valence-corrected chi connectivity index (χ3v) is 3.08. The highest BCUT2D eigenvalue weighted by molar-refractivity contribution is 5.28. The summed E-state index contributed by atoms with van der Waals surface area (Å²) in [7, 11) is 0. The van der Waals surface area contributed by atoms with E-state index in [1.807, 2.05) is 0 Å². The quantitative estimate of drug-likeness (QED) is 0.896. The predicted octanol–water partition coefficient (Wildman–Crippen LogP) is 3.23. The number of nitrogens with one attached hydrogen (secondary N) is 1. The maximum Gasteiger partial charge on any atom is 0.416 e. The van der Waals surface area contributed by atoms with E-state index in [1.165, 1.54) is 18.6 Å². The van der Waals surface area contributed by atoms with Crippen molar-refractivity contribution in [2.75, 3.05) is 13.2 Å². The lowest BCUT2D eigenvalue weighted by Gasteiger charge is -2.12. The summed E-state index contributed by atoms with van der Waals surface area (Å²) in [5, 5.41) is 3.34. The van der Waals surface area contributed by atoms with Gasteiger partial charge in [-0.2, -0.15) is 13.2 Å². The molecule has 0 radical (unpaired) electrons. The molecular weight excluding hydrogens is 243 g/mol. The Morgan fingerprint density at radius 2 is 1.94 bits per heavy atom. The first-order chi connectivity index (χ1) is 8.55. The summed E-state index contributed by atoms with van der Waals surface area (Å²) in [5.41, 5.74) is -0.646. The van der Waals surface area contributed by atoms with Gasteiger partial charge in [0, 0.05) is 6.04 Å². The molecule has 1 fully saturated rings. The molecule has 0 spiro atoms. The van der Waals surface area contributed by atoms with Crippen LogP contribution >= 0.6 is 0 Å². The van der Waals surface area contributed by atoms with Crippen LogP contribution < -0.4 is 10.1 Å². The fourth-order valence-corrected chi connectivity index (χ4v) is 2.06. The highest BCUT2D eigenvalue weighted by Gasteiger charge is 2.30. The van der Waals surface area contributed by atoms with Crippen LogP contribution in [0.5, 0.6) is 5.75 Å². The Balaban J connectivity index is 1.79. The normalized spacial score (nSPS) is 20.1. The Labute approximate surface area is 104 Å². The van der Waals surface area contributed by atoms with Crippen molar-refractivity contribution in [2.24, 2.45) is 0 Å². The van der Waals surface area contributed by atoms with Crippen molar-refractivity contribution in [2.45, 2.75) is 31.5 Å². The summed E-state index contributed by atoms with van der Waals surface area (Å²) >= 11 is 0. The molecule has 0 amide bonds. The minimum Gasteiger partial charge on any atom is -0.494 e. The lowest BCUT2D eigenvalue weighted by Crippen LogP contribution is -2.23. The van der Waals surface area contributed by atoms with Crippen LogP contribution in [-0.2, 0) is 6.18 Å². The summed E-state index contributed by atoms with van der Waals surface area (Å²) in [6.07, 6.45) is -1.06. The van der Waals surface area contributed by atoms with Crippen molar-refractivity contribution in [1.29, 1.82) is 0 Å². The zero-order valence-electron chi connectivity index (χ0n) is 9.96. The van der Waals surface area contributed by atoms with Gasteiger partial charge in [-0.1, -0.05) is 0 Å². The number of alkyl halides is 3. The average molecular weight is 259 g/mol. The van der Waals surface area contributed by atoms with Crippen molar-refractivity contribution in [3.8, 4) is 5.75 Å². The van der Waals surface area contributed by atoms with Gasteiger partial charge in [0.25, 0.3) is 0 Å². The van der Waals surface area contributed by atoms with Gasteiger partial charge in [-0.15, -0.1) is 0 Å². The van der Waals surface area contributed by atoms with Gasteiger partial charge in [0.15, 0.2) is 0 Å². The van der Waals surface area contributed by atoms with Crippen molar-refractivity contribution >= 4 is 0 Å². The Morgan fingerprint density at radius 3 is 2.50 bits per heavy atom. The standard InChI is InChI=1S/C13H16F3NO/c14-13(15,16)10-3-5-12(6-4-10)18-9-7-11-2-1-8-17-11/h3-6,11,17H,1-2,7-9H2. The highest BCUT2D eigenvalue weighted by Crippen LogP contribution is 2.30. The molecule has 1 unspecified atom stereocenters. The fourth-order valence-electron chi connectivity index (χ4n) is 2.06. The fraction of sp³-hybridized carbons (Fsp3) is 0.538. The second-order valence-corrected chi connectivity index (χ2v) is 4.45. The largest absolute Gasteiger partial charge is 0.494 e. The number of halogens is 3. The SMILES string of the molecule is FC(F)(F)c1ccc(OCCC2CCCN2)cc1. The number of rotatable bonds is 4. The third-order valence-electron chi connectivity index (χ3n) is 3.08. The Morgan fingerprint density at radius 1 is 1.22 bits per heavy atom. The molecular formula is C13H16F3NO. The van der Waals surface area contributed by atoms with Crippen LogP contribution in [0.25, 0.3) is 0 Å². The topological polar surface area (TPSA) is 21.3 Å². The molecule has 1 saturated heterocycles. The molecule has 1 heterocycles. The van der Waals surface area contributed by atoms with Gasteiger partial charge in [0.05, 0.1) is 12.2 Å². The van der Waals surface area contributed by atoms with Crippen LogP contribution in [0, 0.1) is 0 Å². The van der Waals surface area contributed by atoms with Crippen LogP contribution in [-0.4, -0.2) is 19.2 Å². The van der Waals surface area contributed by atoms with Gasteiger partial charge in [-0.05, 0) is 50.1 Å². The molecule has 1 aromatic carbocycles. The smallest absolute Gasteiger partial charge is 0.416 e. The van der Waals surface area contributed by atoms with E-state index in [2.05, 4.69) is 5.32 Å². The Kier molecular flexibility index (Phi) is 4.11. The molecule has 100 valence electrons. The summed E-state index contributed by atoms with van der Waals surface area (Å²) < 4.78 is 42.4. The summed E-state index contributed by atoms with van der Waals surface area (Å²) in [4.78, 5) is 0. The predicted molar refractivity (Wildman–Crippen MR) is 62.6 cm³/mol.